The molecule has 0 bridgehead atoms. The highest BCUT2D eigenvalue weighted by Gasteiger charge is 2.22. The monoisotopic (exact) mass is 273 g/mol. The number of hydrogen-bond acceptors (Lipinski definition) is 4. The number of aliphatic hydroxyl groups is 1. The van der Waals surface area contributed by atoms with Crippen LogP contribution in [0.1, 0.15) is 26.6 Å². The molecule has 0 amide bonds. The summed E-state index contributed by atoms with van der Waals surface area (Å²) in [7, 11) is 0. The summed E-state index contributed by atoms with van der Waals surface area (Å²) < 4.78 is 0.737. The third-order valence-electron chi connectivity index (χ3n) is 2.23. The first-order chi connectivity index (χ1) is 6.79. The Morgan fingerprint density at radius 2 is 2.07 bits per heavy atom. The predicted molar refractivity (Wildman–Crippen MR) is 63.9 cm³/mol. The molecular weight excluding hydrogens is 258 g/mol. The fraction of sp³-hybridized carbons (Fsp3) is 0.600. The fourth-order valence-electron chi connectivity index (χ4n) is 1.00. The summed E-state index contributed by atoms with van der Waals surface area (Å²) in [6.45, 7) is 7.25. The van der Waals surface area contributed by atoms with Gasteiger partial charge in [0, 0.05) is 6.07 Å². The molecule has 1 aromatic rings. The number of aromatic nitrogens is 2. The van der Waals surface area contributed by atoms with E-state index in [4.69, 9.17) is 0 Å². The average Bonchev–Trinajstić information content (AvgIpc) is 1.99. The van der Waals surface area contributed by atoms with Gasteiger partial charge in [0.15, 0.2) is 0 Å². The van der Waals surface area contributed by atoms with Crippen LogP contribution in [0.5, 0.6) is 0 Å². The molecule has 1 aromatic heterocycles. The normalized spacial score (nSPS) is 13.7. The van der Waals surface area contributed by atoms with Gasteiger partial charge in [-0.2, -0.15) is 0 Å². The molecule has 0 saturated heterocycles. The molecule has 84 valence electrons. The van der Waals surface area contributed by atoms with Gasteiger partial charge in [0.2, 0.25) is 0 Å². The molecule has 1 atom stereocenters. The zero-order valence-electron chi connectivity index (χ0n) is 9.37. The molecule has 1 unspecified atom stereocenters. The maximum Gasteiger partial charge on any atom is 0.131 e. The van der Waals surface area contributed by atoms with E-state index in [-0.39, 0.29) is 6.04 Å². The standard InChI is InChI=1S/C10H16BrN3O/c1-6(10(3,4)15)12-9-5-8(11)13-7(2)14-9/h5-6,15H,1-4H3,(H,12,13,14). The van der Waals surface area contributed by atoms with E-state index >= 15 is 0 Å². The molecule has 15 heavy (non-hydrogen) atoms. The van der Waals surface area contributed by atoms with Crippen molar-refractivity contribution >= 4 is 21.7 Å². The molecule has 1 heterocycles. The van der Waals surface area contributed by atoms with E-state index in [1.165, 1.54) is 0 Å². The van der Waals surface area contributed by atoms with Crippen molar-refractivity contribution < 1.29 is 5.11 Å². The molecule has 1 rings (SSSR count). The van der Waals surface area contributed by atoms with Crippen LogP contribution in [-0.2, 0) is 0 Å². The molecule has 0 saturated carbocycles. The fourth-order valence-corrected chi connectivity index (χ4v) is 1.48. The highest BCUT2D eigenvalue weighted by Crippen LogP contribution is 2.16. The van der Waals surface area contributed by atoms with Gasteiger partial charge in [-0.15, -0.1) is 0 Å². The van der Waals surface area contributed by atoms with Crippen LogP contribution in [0.4, 0.5) is 5.82 Å². The largest absolute Gasteiger partial charge is 0.388 e. The highest BCUT2D eigenvalue weighted by atomic mass is 79.9. The van der Waals surface area contributed by atoms with Crippen LogP contribution in [0, 0.1) is 6.92 Å². The lowest BCUT2D eigenvalue weighted by Crippen LogP contribution is -2.39. The van der Waals surface area contributed by atoms with Crippen molar-refractivity contribution in [3.8, 4) is 0 Å². The van der Waals surface area contributed by atoms with Gasteiger partial charge < -0.3 is 10.4 Å². The third-order valence-corrected chi connectivity index (χ3v) is 2.64. The van der Waals surface area contributed by atoms with E-state index in [0.29, 0.717) is 11.6 Å². The minimum absolute atomic E-state index is 0.0845. The molecule has 5 heteroatoms. The van der Waals surface area contributed by atoms with E-state index < -0.39 is 5.60 Å². The van der Waals surface area contributed by atoms with Crippen LogP contribution < -0.4 is 5.32 Å². The van der Waals surface area contributed by atoms with E-state index in [1.54, 1.807) is 19.9 Å². The van der Waals surface area contributed by atoms with Gasteiger partial charge in [-0.05, 0) is 43.6 Å². The van der Waals surface area contributed by atoms with Crippen molar-refractivity contribution in [1.29, 1.82) is 0 Å². The Hall–Kier alpha value is -0.680. The van der Waals surface area contributed by atoms with Crippen LogP contribution in [0.3, 0.4) is 0 Å². The van der Waals surface area contributed by atoms with Gasteiger partial charge in [0.25, 0.3) is 0 Å². The van der Waals surface area contributed by atoms with E-state index in [0.717, 1.165) is 4.60 Å². The number of halogens is 1. The van der Waals surface area contributed by atoms with Crippen LogP contribution in [-0.4, -0.2) is 26.7 Å². The molecule has 0 spiro atoms. The smallest absolute Gasteiger partial charge is 0.131 e. The summed E-state index contributed by atoms with van der Waals surface area (Å²) in [6.07, 6.45) is 0. The van der Waals surface area contributed by atoms with E-state index in [9.17, 15) is 5.11 Å². The van der Waals surface area contributed by atoms with Gasteiger partial charge in [-0.3, -0.25) is 0 Å². The number of nitrogens with one attached hydrogen (secondary N) is 1. The molecule has 0 fully saturated rings. The molecule has 2 N–H and O–H groups in total. The van der Waals surface area contributed by atoms with Crippen LogP contribution in [0.2, 0.25) is 0 Å². The van der Waals surface area contributed by atoms with Gasteiger partial charge in [-0.25, -0.2) is 9.97 Å². The van der Waals surface area contributed by atoms with Crippen molar-refractivity contribution in [2.75, 3.05) is 5.32 Å². The van der Waals surface area contributed by atoms with Gasteiger partial charge in [0.05, 0.1) is 11.6 Å². The second kappa shape index (κ2) is 4.45. The molecule has 0 aliphatic carbocycles. The number of anilines is 1. The zero-order chi connectivity index (χ0) is 11.6. The Kier molecular flexibility index (Phi) is 3.67. The number of hydrogen-bond donors (Lipinski definition) is 2. The van der Waals surface area contributed by atoms with Crippen molar-refractivity contribution in [3.63, 3.8) is 0 Å². The second-order valence-electron chi connectivity index (χ2n) is 4.14. The number of nitrogens with zero attached hydrogens (tertiary/aromatic N) is 2. The lowest BCUT2D eigenvalue weighted by molar-refractivity contribution is 0.0647. The molecule has 0 radical (unpaired) electrons. The Morgan fingerprint density at radius 1 is 1.47 bits per heavy atom. The van der Waals surface area contributed by atoms with E-state index in [1.807, 2.05) is 13.8 Å². The van der Waals surface area contributed by atoms with Crippen LogP contribution >= 0.6 is 15.9 Å². The molecular formula is C10H16BrN3O. The van der Waals surface area contributed by atoms with Gasteiger partial charge in [0.1, 0.15) is 16.2 Å². The zero-order valence-corrected chi connectivity index (χ0v) is 11.0. The van der Waals surface area contributed by atoms with Crippen LogP contribution in [0.15, 0.2) is 10.7 Å². The Morgan fingerprint density at radius 3 is 2.53 bits per heavy atom. The van der Waals surface area contributed by atoms with Crippen molar-refractivity contribution in [2.45, 2.75) is 39.3 Å². The first-order valence-electron chi connectivity index (χ1n) is 4.79. The summed E-state index contributed by atoms with van der Waals surface area (Å²) in [5, 5.41) is 12.9. The first-order valence-corrected chi connectivity index (χ1v) is 5.58. The summed E-state index contributed by atoms with van der Waals surface area (Å²) in [5.74, 6) is 1.40. The van der Waals surface area contributed by atoms with Crippen molar-refractivity contribution in [3.05, 3.63) is 16.5 Å². The van der Waals surface area contributed by atoms with Crippen LogP contribution in [0.25, 0.3) is 0 Å². The maximum absolute atomic E-state index is 9.77. The number of rotatable bonds is 3. The quantitative estimate of drug-likeness (QED) is 0.829. The third kappa shape index (κ3) is 3.76. The Bertz CT molecular complexity index is 329. The highest BCUT2D eigenvalue weighted by molar-refractivity contribution is 9.10. The summed E-state index contributed by atoms with van der Waals surface area (Å²) in [6, 6.07) is 1.70. The number of aryl methyl sites for hydroxylation is 1. The average molecular weight is 274 g/mol. The topological polar surface area (TPSA) is 58.0 Å². The van der Waals surface area contributed by atoms with Crippen molar-refractivity contribution in [1.82, 2.24) is 9.97 Å². The summed E-state index contributed by atoms with van der Waals surface area (Å²) in [4.78, 5) is 8.33. The molecule has 4 nitrogen and oxygen atoms in total. The molecule has 0 aliphatic rings. The van der Waals surface area contributed by atoms with Gasteiger partial charge in [-0.1, -0.05) is 0 Å². The SMILES string of the molecule is Cc1nc(Br)cc(NC(C)C(C)(C)O)n1. The Labute approximate surface area is 98.3 Å². The minimum Gasteiger partial charge on any atom is -0.388 e. The first kappa shape index (κ1) is 12.4. The van der Waals surface area contributed by atoms with Crippen molar-refractivity contribution in [2.24, 2.45) is 0 Å². The lowest BCUT2D eigenvalue weighted by Gasteiger charge is -2.27. The second-order valence-corrected chi connectivity index (χ2v) is 4.96. The van der Waals surface area contributed by atoms with Gasteiger partial charge >= 0.3 is 0 Å². The lowest BCUT2D eigenvalue weighted by atomic mass is 10.0. The Balaban J connectivity index is 2.81. The minimum atomic E-state index is -0.786. The molecule has 0 aromatic carbocycles. The summed E-state index contributed by atoms with van der Waals surface area (Å²) in [5.41, 5.74) is -0.786. The maximum atomic E-state index is 9.77. The van der Waals surface area contributed by atoms with E-state index in [2.05, 4.69) is 31.2 Å². The predicted octanol–water partition coefficient (Wildman–Crippen LogP) is 2.12. The summed E-state index contributed by atoms with van der Waals surface area (Å²) >= 11 is 3.30. The molecule has 0 aliphatic heterocycles.